The van der Waals surface area contributed by atoms with Gasteiger partial charge in [0.2, 0.25) is 17.6 Å². The summed E-state index contributed by atoms with van der Waals surface area (Å²) in [5, 5.41) is 10.4. The summed E-state index contributed by atoms with van der Waals surface area (Å²) in [6, 6.07) is 8.20. The number of benzene rings is 1. The summed E-state index contributed by atoms with van der Waals surface area (Å²) in [5.41, 5.74) is 2.21. The molecule has 3 rings (SSSR count). The Hall–Kier alpha value is -1.92. The molecule has 1 amide bonds. The van der Waals surface area contributed by atoms with Crippen LogP contribution in [-0.4, -0.2) is 35.7 Å². The predicted octanol–water partition coefficient (Wildman–Crippen LogP) is 3.72. The lowest BCUT2D eigenvalue weighted by atomic mass is 9.96. The van der Waals surface area contributed by atoms with E-state index in [1.807, 2.05) is 12.1 Å². The number of hydrogen-bond acceptors (Lipinski definition) is 5. The van der Waals surface area contributed by atoms with Crippen LogP contribution in [0.4, 0.5) is 0 Å². The van der Waals surface area contributed by atoms with Crippen molar-refractivity contribution < 1.29 is 9.32 Å². The third-order valence-electron chi connectivity index (χ3n) is 5.14. The maximum atomic E-state index is 12.0. The van der Waals surface area contributed by atoms with E-state index in [1.165, 1.54) is 18.4 Å². The highest BCUT2D eigenvalue weighted by Crippen LogP contribution is 2.20. The SMILES string of the molecule is CC(C)c1ccc(-c2noc(CCC(=O)NCCC3CCCNC3)n2)cc1.Cl. The summed E-state index contributed by atoms with van der Waals surface area (Å²) in [7, 11) is 0. The first-order chi connectivity index (χ1) is 13.1. The monoisotopic (exact) mass is 406 g/mol. The third-order valence-corrected chi connectivity index (χ3v) is 5.14. The number of nitrogens with one attached hydrogen (secondary N) is 2. The lowest BCUT2D eigenvalue weighted by Crippen LogP contribution is -2.33. The number of carbonyl (C=O) groups is 1. The molecule has 1 saturated heterocycles. The van der Waals surface area contributed by atoms with Gasteiger partial charge in [0.15, 0.2) is 0 Å². The van der Waals surface area contributed by atoms with Crippen LogP contribution in [0.5, 0.6) is 0 Å². The van der Waals surface area contributed by atoms with Crippen LogP contribution in [0.25, 0.3) is 11.4 Å². The fourth-order valence-corrected chi connectivity index (χ4v) is 3.39. The molecule has 0 saturated carbocycles. The average Bonchev–Trinajstić information content (AvgIpc) is 3.16. The Balaban J connectivity index is 0.00000280. The second-order valence-corrected chi connectivity index (χ2v) is 7.64. The van der Waals surface area contributed by atoms with Gasteiger partial charge in [0, 0.05) is 24.9 Å². The molecular weight excluding hydrogens is 376 g/mol. The number of nitrogens with zero attached hydrogens (tertiary/aromatic N) is 2. The molecule has 1 aliphatic heterocycles. The quantitative estimate of drug-likeness (QED) is 0.698. The van der Waals surface area contributed by atoms with Crippen LogP contribution >= 0.6 is 12.4 Å². The first-order valence-corrected chi connectivity index (χ1v) is 10.0. The van der Waals surface area contributed by atoms with Gasteiger partial charge < -0.3 is 15.2 Å². The minimum absolute atomic E-state index is 0. The van der Waals surface area contributed by atoms with Crippen LogP contribution in [0.2, 0.25) is 0 Å². The molecule has 0 bridgehead atoms. The molecule has 6 nitrogen and oxygen atoms in total. The minimum atomic E-state index is 0. The molecule has 1 aromatic carbocycles. The number of amides is 1. The van der Waals surface area contributed by atoms with Crippen molar-refractivity contribution in [3.05, 3.63) is 35.7 Å². The van der Waals surface area contributed by atoms with Crippen molar-refractivity contribution in [2.75, 3.05) is 19.6 Å². The van der Waals surface area contributed by atoms with E-state index in [1.54, 1.807) is 0 Å². The third kappa shape index (κ3) is 6.60. The molecule has 154 valence electrons. The summed E-state index contributed by atoms with van der Waals surface area (Å²) in [5.74, 6) is 2.29. The molecule has 1 fully saturated rings. The van der Waals surface area contributed by atoms with Crippen molar-refractivity contribution in [2.24, 2.45) is 5.92 Å². The molecule has 28 heavy (non-hydrogen) atoms. The fraction of sp³-hybridized carbons (Fsp3) is 0.571. The van der Waals surface area contributed by atoms with Crippen LogP contribution in [-0.2, 0) is 11.2 Å². The zero-order chi connectivity index (χ0) is 19.1. The van der Waals surface area contributed by atoms with Crippen molar-refractivity contribution in [1.82, 2.24) is 20.8 Å². The van der Waals surface area contributed by atoms with Crippen LogP contribution in [0.15, 0.2) is 28.8 Å². The second-order valence-electron chi connectivity index (χ2n) is 7.64. The van der Waals surface area contributed by atoms with Crippen LogP contribution in [0.3, 0.4) is 0 Å². The number of aryl methyl sites for hydroxylation is 1. The zero-order valence-corrected chi connectivity index (χ0v) is 17.6. The van der Waals surface area contributed by atoms with Gasteiger partial charge >= 0.3 is 0 Å². The van der Waals surface area contributed by atoms with Gasteiger partial charge in [-0.3, -0.25) is 4.79 Å². The first kappa shape index (κ1) is 22.4. The normalized spacial score (nSPS) is 16.6. The zero-order valence-electron chi connectivity index (χ0n) is 16.7. The standard InChI is InChI=1S/C21H30N4O2.ClH/c1-15(2)17-5-7-18(8-6-17)21-24-20(27-25-21)10-9-19(26)23-13-11-16-4-3-12-22-14-16;/h5-8,15-16,22H,3-4,9-14H2,1-2H3,(H,23,26);1H. The van der Waals surface area contributed by atoms with Crippen molar-refractivity contribution >= 4 is 18.3 Å². The Morgan fingerprint density at radius 2 is 2.11 bits per heavy atom. The smallest absolute Gasteiger partial charge is 0.227 e. The summed E-state index contributed by atoms with van der Waals surface area (Å²) in [6.07, 6.45) is 4.37. The van der Waals surface area contributed by atoms with E-state index in [0.29, 0.717) is 36.4 Å². The van der Waals surface area contributed by atoms with Crippen LogP contribution in [0.1, 0.15) is 56.9 Å². The van der Waals surface area contributed by atoms with E-state index in [2.05, 4.69) is 46.8 Å². The van der Waals surface area contributed by atoms with Gasteiger partial charge in [0.1, 0.15) is 0 Å². The molecule has 0 spiro atoms. The van der Waals surface area contributed by atoms with E-state index < -0.39 is 0 Å². The summed E-state index contributed by atoms with van der Waals surface area (Å²) >= 11 is 0. The second kappa shape index (κ2) is 11.2. The molecule has 2 heterocycles. The van der Waals surface area contributed by atoms with Gasteiger partial charge in [-0.15, -0.1) is 12.4 Å². The van der Waals surface area contributed by atoms with Crippen LogP contribution in [0, 0.1) is 5.92 Å². The van der Waals surface area contributed by atoms with Crippen molar-refractivity contribution in [1.29, 1.82) is 0 Å². The Labute approximate surface area is 173 Å². The highest BCUT2D eigenvalue weighted by Gasteiger charge is 2.14. The number of halogens is 1. The fourth-order valence-electron chi connectivity index (χ4n) is 3.39. The molecule has 1 atom stereocenters. The van der Waals surface area contributed by atoms with Crippen LogP contribution < -0.4 is 10.6 Å². The Morgan fingerprint density at radius 3 is 2.79 bits per heavy atom. The molecule has 0 radical (unpaired) electrons. The predicted molar refractivity (Wildman–Crippen MR) is 113 cm³/mol. The van der Waals surface area contributed by atoms with E-state index in [-0.39, 0.29) is 18.3 Å². The topological polar surface area (TPSA) is 80.0 Å². The molecule has 2 aromatic rings. The molecule has 0 aliphatic carbocycles. The number of hydrogen-bond donors (Lipinski definition) is 2. The Morgan fingerprint density at radius 1 is 1.32 bits per heavy atom. The number of piperidine rings is 1. The molecule has 1 unspecified atom stereocenters. The molecule has 1 aliphatic rings. The van der Waals surface area contributed by atoms with Crippen molar-refractivity contribution in [3.8, 4) is 11.4 Å². The largest absolute Gasteiger partial charge is 0.356 e. The van der Waals surface area contributed by atoms with E-state index >= 15 is 0 Å². The highest BCUT2D eigenvalue weighted by atomic mass is 35.5. The Bertz CT molecular complexity index is 724. The van der Waals surface area contributed by atoms with Gasteiger partial charge in [-0.05, 0) is 49.8 Å². The maximum Gasteiger partial charge on any atom is 0.227 e. The molecule has 7 heteroatoms. The lowest BCUT2D eigenvalue weighted by molar-refractivity contribution is -0.121. The van der Waals surface area contributed by atoms with Crippen molar-refractivity contribution in [2.45, 2.75) is 51.9 Å². The van der Waals surface area contributed by atoms with Gasteiger partial charge in [-0.25, -0.2) is 0 Å². The van der Waals surface area contributed by atoms with E-state index in [9.17, 15) is 4.79 Å². The van der Waals surface area contributed by atoms with Crippen molar-refractivity contribution in [3.63, 3.8) is 0 Å². The maximum absolute atomic E-state index is 12.0. The first-order valence-electron chi connectivity index (χ1n) is 10.0. The number of aromatic nitrogens is 2. The number of carbonyl (C=O) groups excluding carboxylic acids is 1. The molecule has 1 aromatic heterocycles. The summed E-state index contributed by atoms with van der Waals surface area (Å²) in [6.45, 7) is 7.26. The Kier molecular flexibility index (Phi) is 8.93. The summed E-state index contributed by atoms with van der Waals surface area (Å²) < 4.78 is 5.30. The average molecular weight is 407 g/mol. The summed E-state index contributed by atoms with van der Waals surface area (Å²) in [4.78, 5) is 16.4. The van der Waals surface area contributed by atoms with Gasteiger partial charge in [0.05, 0.1) is 0 Å². The molecule has 2 N–H and O–H groups in total. The lowest BCUT2D eigenvalue weighted by Gasteiger charge is -2.22. The van der Waals surface area contributed by atoms with Gasteiger partial charge in [-0.2, -0.15) is 4.98 Å². The van der Waals surface area contributed by atoms with Gasteiger partial charge in [-0.1, -0.05) is 43.3 Å². The van der Waals surface area contributed by atoms with Gasteiger partial charge in [0.25, 0.3) is 0 Å². The number of rotatable bonds is 8. The highest BCUT2D eigenvalue weighted by molar-refractivity contribution is 5.85. The van der Waals surface area contributed by atoms with E-state index in [4.69, 9.17) is 4.52 Å². The van der Waals surface area contributed by atoms with E-state index in [0.717, 1.165) is 31.6 Å². The minimum Gasteiger partial charge on any atom is -0.356 e. The molecular formula is C21H31ClN4O2.